The number of hydrogen-bond donors (Lipinski definition) is 1. The summed E-state index contributed by atoms with van der Waals surface area (Å²) in [7, 11) is 1.80. The minimum absolute atomic E-state index is 0.0950. The number of likely N-dealkylation sites (N-methyl/N-ethyl adjacent to an activating group) is 1. The Morgan fingerprint density at radius 1 is 1.31 bits per heavy atom. The highest BCUT2D eigenvalue weighted by Crippen LogP contribution is 2.17. The fraction of sp³-hybridized carbons (Fsp3) is 0.364. The van der Waals surface area contributed by atoms with Crippen molar-refractivity contribution in [2.45, 2.75) is 18.9 Å². The first-order chi connectivity index (χ1) is 6.29. The molecule has 0 aliphatic heterocycles. The summed E-state index contributed by atoms with van der Waals surface area (Å²) >= 11 is 0. The van der Waals surface area contributed by atoms with E-state index in [4.69, 9.17) is 0 Å². The second-order valence-electron chi connectivity index (χ2n) is 3.15. The van der Waals surface area contributed by atoms with Crippen LogP contribution in [0.15, 0.2) is 30.3 Å². The molecule has 1 aromatic rings. The van der Waals surface area contributed by atoms with Crippen LogP contribution in [0.2, 0.25) is 0 Å². The van der Waals surface area contributed by atoms with Crippen molar-refractivity contribution in [1.29, 1.82) is 0 Å². The molecule has 2 unspecified atom stereocenters. The summed E-state index contributed by atoms with van der Waals surface area (Å²) in [6.07, 6.45) is 0.956. The highest BCUT2D eigenvalue weighted by Gasteiger charge is 2.15. The van der Waals surface area contributed by atoms with Gasteiger partial charge in [-0.1, -0.05) is 37.3 Å². The van der Waals surface area contributed by atoms with Gasteiger partial charge in [-0.15, -0.1) is 0 Å². The molecule has 2 nitrogen and oxygen atoms in total. The number of rotatable bonds is 4. The standard InChI is InChI=1S/C11H15NO/c1-9(11(8-13)12-2)10-6-4-3-5-7-10/h3-9,11-12H,1-2H3. The van der Waals surface area contributed by atoms with E-state index in [-0.39, 0.29) is 12.0 Å². The molecule has 2 heteroatoms. The quantitative estimate of drug-likeness (QED) is 0.707. The fourth-order valence-corrected chi connectivity index (χ4v) is 1.40. The molecular weight excluding hydrogens is 162 g/mol. The summed E-state index contributed by atoms with van der Waals surface area (Å²) in [5.41, 5.74) is 1.19. The van der Waals surface area contributed by atoms with Crippen molar-refractivity contribution in [3.05, 3.63) is 35.9 Å². The van der Waals surface area contributed by atoms with E-state index < -0.39 is 0 Å². The van der Waals surface area contributed by atoms with Crippen LogP contribution in [0.3, 0.4) is 0 Å². The molecule has 0 spiro atoms. The largest absolute Gasteiger partial charge is 0.310 e. The molecule has 0 saturated carbocycles. The Labute approximate surface area is 79.0 Å². The van der Waals surface area contributed by atoms with E-state index in [0.29, 0.717) is 0 Å². The maximum Gasteiger partial charge on any atom is 0.137 e. The second kappa shape index (κ2) is 4.77. The summed E-state index contributed by atoms with van der Waals surface area (Å²) < 4.78 is 0. The highest BCUT2D eigenvalue weighted by atomic mass is 16.1. The first-order valence-corrected chi connectivity index (χ1v) is 4.47. The summed E-state index contributed by atoms with van der Waals surface area (Å²) in [6.45, 7) is 2.05. The van der Waals surface area contributed by atoms with Gasteiger partial charge in [0.1, 0.15) is 6.29 Å². The van der Waals surface area contributed by atoms with Gasteiger partial charge < -0.3 is 10.1 Å². The van der Waals surface area contributed by atoms with E-state index in [2.05, 4.69) is 5.32 Å². The molecular formula is C11H15NO. The third-order valence-corrected chi connectivity index (χ3v) is 2.34. The normalized spacial score (nSPS) is 14.9. The Hall–Kier alpha value is -1.15. The van der Waals surface area contributed by atoms with Gasteiger partial charge in [0.15, 0.2) is 0 Å². The SMILES string of the molecule is CNC(C=O)C(C)c1ccccc1. The zero-order valence-electron chi connectivity index (χ0n) is 8.03. The van der Waals surface area contributed by atoms with Gasteiger partial charge in [0, 0.05) is 5.92 Å². The topological polar surface area (TPSA) is 29.1 Å². The highest BCUT2D eigenvalue weighted by molar-refractivity contribution is 5.59. The van der Waals surface area contributed by atoms with Crippen LogP contribution in [0.1, 0.15) is 18.4 Å². The van der Waals surface area contributed by atoms with Crippen molar-refractivity contribution in [1.82, 2.24) is 5.32 Å². The van der Waals surface area contributed by atoms with Crippen molar-refractivity contribution >= 4 is 6.29 Å². The summed E-state index contributed by atoms with van der Waals surface area (Å²) in [5, 5.41) is 2.98. The van der Waals surface area contributed by atoms with Crippen molar-refractivity contribution in [3.8, 4) is 0 Å². The van der Waals surface area contributed by atoms with E-state index in [1.165, 1.54) is 5.56 Å². The predicted molar refractivity (Wildman–Crippen MR) is 53.8 cm³/mol. The molecule has 70 valence electrons. The van der Waals surface area contributed by atoms with Crippen LogP contribution < -0.4 is 5.32 Å². The molecule has 0 amide bonds. The van der Waals surface area contributed by atoms with Gasteiger partial charge in [-0.3, -0.25) is 0 Å². The van der Waals surface area contributed by atoms with Crippen LogP contribution in [0.5, 0.6) is 0 Å². The van der Waals surface area contributed by atoms with Crippen molar-refractivity contribution in [2.75, 3.05) is 7.05 Å². The molecule has 0 aromatic heterocycles. The maximum absolute atomic E-state index is 10.7. The van der Waals surface area contributed by atoms with Crippen LogP contribution in [0.25, 0.3) is 0 Å². The number of hydrogen-bond acceptors (Lipinski definition) is 2. The Balaban J connectivity index is 2.77. The lowest BCUT2D eigenvalue weighted by atomic mass is 9.94. The zero-order chi connectivity index (χ0) is 9.68. The molecule has 0 bridgehead atoms. The molecule has 2 atom stereocenters. The predicted octanol–water partition coefficient (Wildman–Crippen LogP) is 1.58. The molecule has 0 heterocycles. The molecule has 13 heavy (non-hydrogen) atoms. The van der Waals surface area contributed by atoms with Gasteiger partial charge in [0.2, 0.25) is 0 Å². The average molecular weight is 177 g/mol. The molecule has 1 aromatic carbocycles. The van der Waals surface area contributed by atoms with Gasteiger partial charge in [-0.05, 0) is 12.6 Å². The number of benzene rings is 1. The monoisotopic (exact) mass is 177 g/mol. The Bertz CT molecular complexity index is 258. The Morgan fingerprint density at radius 2 is 1.92 bits per heavy atom. The van der Waals surface area contributed by atoms with Gasteiger partial charge in [-0.2, -0.15) is 0 Å². The van der Waals surface area contributed by atoms with Crippen LogP contribution in [0.4, 0.5) is 0 Å². The van der Waals surface area contributed by atoms with Gasteiger partial charge in [0.05, 0.1) is 6.04 Å². The minimum atomic E-state index is -0.0950. The van der Waals surface area contributed by atoms with Gasteiger partial charge in [0.25, 0.3) is 0 Å². The third-order valence-electron chi connectivity index (χ3n) is 2.34. The Morgan fingerprint density at radius 3 is 2.38 bits per heavy atom. The third kappa shape index (κ3) is 2.39. The summed E-state index contributed by atoms with van der Waals surface area (Å²) in [4.78, 5) is 10.7. The van der Waals surface area contributed by atoms with E-state index >= 15 is 0 Å². The smallest absolute Gasteiger partial charge is 0.137 e. The molecule has 0 fully saturated rings. The first kappa shape index (κ1) is 9.93. The van der Waals surface area contributed by atoms with Crippen LogP contribution in [0, 0.1) is 0 Å². The molecule has 0 aliphatic rings. The van der Waals surface area contributed by atoms with Crippen molar-refractivity contribution in [2.24, 2.45) is 0 Å². The van der Waals surface area contributed by atoms with Crippen LogP contribution >= 0.6 is 0 Å². The fourth-order valence-electron chi connectivity index (χ4n) is 1.40. The molecule has 1 rings (SSSR count). The van der Waals surface area contributed by atoms with E-state index in [0.717, 1.165) is 6.29 Å². The lowest BCUT2D eigenvalue weighted by Crippen LogP contribution is -2.32. The number of carbonyl (C=O) groups excluding carboxylic acids is 1. The lowest BCUT2D eigenvalue weighted by molar-refractivity contribution is -0.109. The van der Waals surface area contributed by atoms with Gasteiger partial charge >= 0.3 is 0 Å². The van der Waals surface area contributed by atoms with E-state index in [1.807, 2.05) is 37.3 Å². The lowest BCUT2D eigenvalue weighted by Gasteiger charge is -2.17. The molecule has 1 N–H and O–H groups in total. The number of nitrogens with one attached hydrogen (secondary N) is 1. The number of aldehydes is 1. The molecule has 0 saturated heterocycles. The van der Waals surface area contributed by atoms with Crippen molar-refractivity contribution in [3.63, 3.8) is 0 Å². The number of carbonyl (C=O) groups is 1. The molecule has 0 aliphatic carbocycles. The average Bonchev–Trinajstić information content (AvgIpc) is 2.21. The minimum Gasteiger partial charge on any atom is -0.310 e. The van der Waals surface area contributed by atoms with Crippen LogP contribution in [-0.4, -0.2) is 19.4 Å². The summed E-state index contributed by atoms with van der Waals surface area (Å²) in [5.74, 6) is 0.226. The van der Waals surface area contributed by atoms with Crippen molar-refractivity contribution < 1.29 is 4.79 Å². The van der Waals surface area contributed by atoms with E-state index in [1.54, 1.807) is 7.05 Å². The van der Waals surface area contributed by atoms with Gasteiger partial charge in [-0.25, -0.2) is 0 Å². The first-order valence-electron chi connectivity index (χ1n) is 4.47. The Kier molecular flexibility index (Phi) is 3.65. The zero-order valence-corrected chi connectivity index (χ0v) is 8.03. The second-order valence-corrected chi connectivity index (χ2v) is 3.15. The summed E-state index contributed by atoms with van der Waals surface area (Å²) in [6, 6.07) is 9.94. The maximum atomic E-state index is 10.7. The van der Waals surface area contributed by atoms with E-state index in [9.17, 15) is 4.79 Å². The molecule has 0 radical (unpaired) electrons. The van der Waals surface area contributed by atoms with Crippen LogP contribution in [-0.2, 0) is 4.79 Å².